The topological polar surface area (TPSA) is 122 Å². The van der Waals surface area contributed by atoms with Crippen molar-refractivity contribution >= 4 is 23.5 Å². The zero-order valence-electron chi connectivity index (χ0n) is 18.0. The van der Waals surface area contributed by atoms with Gasteiger partial charge in [0.2, 0.25) is 0 Å². The van der Waals surface area contributed by atoms with Crippen LogP contribution in [0.4, 0.5) is 21.0 Å². The first kappa shape index (κ1) is 22.9. The molecular weight excluding hydrogens is 412 g/mol. The first-order valence-electron chi connectivity index (χ1n) is 10.4. The number of benzene rings is 2. The van der Waals surface area contributed by atoms with Crippen LogP contribution in [0.2, 0.25) is 0 Å². The molecule has 168 valence electrons. The Morgan fingerprint density at radius 3 is 2.69 bits per heavy atom. The summed E-state index contributed by atoms with van der Waals surface area (Å²) >= 11 is 0. The fourth-order valence-corrected chi connectivity index (χ4v) is 3.20. The molecule has 9 heteroatoms. The largest absolute Gasteiger partial charge is 0.492 e. The van der Waals surface area contributed by atoms with Crippen LogP contribution in [0.3, 0.4) is 0 Å². The van der Waals surface area contributed by atoms with Crippen molar-refractivity contribution in [3.63, 3.8) is 0 Å². The molecule has 1 fully saturated rings. The summed E-state index contributed by atoms with van der Waals surface area (Å²) in [6.07, 6.45) is -0.0267. The molecule has 0 radical (unpaired) electrons. The molecule has 0 bridgehead atoms. The summed E-state index contributed by atoms with van der Waals surface area (Å²) in [5.74, 6) is 0.408. The minimum Gasteiger partial charge on any atom is -0.492 e. The van der Waals surface area contributed by atoms with Gasteiger partial charge in [0.15, 0.2) is 0 Å². The molecule has 3 amide bonds. The summed E-state index contributed by atoms with van der Waals surface area (Å²) in [6.45, 7) is 5.07. The van der Waals surface area contributed by atoms with Gasteiger partial charge in [0.05, 0.1) is 31.4 Å². The molecule has 0 aromatic heterocycles. The van der Waals surface area contributed by atoms with E-state index in [0.717, 1.165) is 5.56 Å². The van der Waals surface area contributed by atoms with E-state index in [9.17, 15) is 9.59 Å². The zero-order valence-corrected chi connectivity index (χ0v) is 18.0. The maximum Gasteiger partial charge on any atom is 0.407 e. The normalized spacial score (nSPS) is 15.8. The van der Waals surface area contributed by atoms with Crippen LogP contribution < -0.4 is 20.7 Å². The molecule has 1 heterocycles. The highest BCUT2D eigenvalue weighted by Crippen LogP contribution is 2.23. The predicted octanol–water partition coefficient (Wildman–Crippen LogP) is 4.18. The average molecular weight is 438 g/mol. The molecule has 1 aliphatic heterocycles. The Labute approximate surface area is 186 Å². The van der Waals surface area contributed by atoms with E-state index in [-0.39, 0.29) is 12.1 Å². The molecule has 3 N–H and O–H groups in total. The lowest BCUT2D eigenvalue weighted by molar-refractivity contribution is 0.0812. The number of urea groups is 1. The fourth-order valence-electron chi connectivity index (χ4n) is 3.20. The van der Waals surface area contributed by atoms with Gasteiger partial charge >= 0.3 is 12.1 Å². The molecule has 0 unspecified atom stereocenters. The highest BCUT2D eigenvalue weighted by Gasteiger charge is 2.21. The Morgan fingerprint density at radius 2 is 2.00 bits per heavy atom. The first-order valence-corrected chi connectivity index (χ1v) is 10.4. The molecule has 0 aliphatic carbocycles. The second-order valence-corrected chi connectivity index (χ2v) is 7.22. The number of carbonyl (C=O) groups is 2. The SMILES string of the molecule is CCOc1cc(NC(=O)Nc2cccc([C@H](C)NC(=O)O[C@H]3CCOC3)c2)ccc1C#N. The second kappa shape index (κ2) is 11.0. The molecular formula is C23H26N4O5. The maximum atomic E-state index is 12.4. The van der Waals surface area contributed by atoms with Crippen LogP contribution in [0.15, 0.2) is 42.5 Å². The van der Waals surface area contributed by atoms with Gasteiger partial charge in [-0.2, -0.15) is 5.26 Å². The van der Waals surface area contributed by atoms with Gasteiger partial charge in [-0.05, 0) is 43.7 Å². The maximum absolute atomic E-state index is 12.4. The van der Waals surface area contributed by atoms with Crippen molar-refractivity contribution in [3.8, 4) is 11.8 Å². The molecule has 2 aromatic carbocycles. The van der Waals surface area contributed by atoms with Crippen LogP contribution in [0, 0.1) is 11.3 Å². The molecule has 0 saturated carbocycles. The Hall–Kier alpha value is -3.77. The van der Waals surface area contributed by atoms with Crippen LogP contribution in [0.1, 0.15) is 37.4 Å². The van der Waals surface area contributed by atoms with Crippen LogP contribution in [-0.4, -0.2) is 38.0 Å². The van der Waals surface area contributed by atoms with Gasteiger partial charge in [0, 0.05) is 23.9 Å². The number of hydrogen-bond donors (Lipinski definition) is 3. The predicted molar refractivity (Wildman–Crippen MR) is 119 cm³/mol. The summed E-state index contributed by atoms with van der Waals surface area (Å²) in [6, 6.07) is 13.3. The lowest BCUT2D eigenvalue weighted by Crippen LogP contribution is -2.31. The van der Waals surface area contributed by atoms with E-state index < -0.39 is 12.1 Å². The Kier molecular flexibility index (Phi) is 7.89. The van der Waals surface area contributed by atoms with Crippen molar-refractivity contribution in [3.05, 3.63) is 53.6 Å². The number of nitrogens with zero attached hydrogens (tertiary/aromatic N) is 1. The molecule has 2 aromatic rings. The van der Waals surface area contributed by atoms with Gasteiger partial charge in [-0.3, -0.25) is 0 Å². The van der Waals surface area contributed by atoms with Crippen molar-refractivity contribution in [2.45, 2.75) is 32.4 Å². The van der Waals surface area contributed by atoms with E-state index >= 15 is 0 Å². The highest BCUT2D eigenvalue weighted by atomic mass is 16.6. The third-order valence-electron chi connectivity index (χ3n) is 4.80. The lowest BCUT2D eigenvalue weighted by atomic mass is 10.1. The summed E-state index contributed by atoms with van der Waals surface area (Å²) in [5, 5.41) is 17.4. The number of anilines is 2. The fraction of sp³-hybridized carbons (Fsp3) is 0.348. The number of nitrogens with one attached hydrogen (secondary N) is 3. The van der Waals surface area contributed by atoms with Crippen molar-refractivity contribution < 1.29 is 23.8 Å². The number of nitriles is 1. The number of hydrogen-bond acceptors (Lipinski definition) is 6. The molecule has 1 aliphatic rings. The third-order valence-corrected chi connectivity index (χ3v) is 4.80. The molecule has 2 atom stereocenters. The van der Waals surface area contributed by atoms with Crippen LogP contribution in [-0.2, 0) is 9.47 Å². The lowest BCUT2D eigenvalue weighted by Gasteiger charge is -2.17. The van der Waals surface area contributed by atoms with Crippen molar-refractivity contribution in [2.75, 3.05) is 30.5 Å². The third kappa shape index (κ3) is 6.36. The minimum atomic E-state index is -0.505. The highest BCUT2D eigenvalue weighted by molar-refractivity contribution is 6.00. The van der Waals surface area contributed by atoms with Crippen LogP contribution in [0.5, 0.6) is 5.75 Å². The minimum absolute atomic E-state index is 0.218. The number of rotatable bonds is 7. The average Bonchev–Trinajstić information content (AvgIpc) is 3.27. The van der Waals surface area contributed by atoms with Gasteiger partial charge in [-0.1, -0.05) is 12.1 Å². The number of ether oxygens (including phenoxy) is 3. The van der Waals surface area contributed by atoms with Gasteiger partial charge in [-0.15, -0.1) is 0 Å². The summed E-state index contributed by atoms with van der Waals surface area (Å²) in [4.78, 5) is 24.5. The molecule has 3 rings (SSSR count). The van der Waals surface area contributed by atoms with Crippen molar-refractivity contribution in [2.24, 2.45) is 0 Å². The first-order chi connectivity index (χ1) is 15.5. The van der Waals surface area contributed by atoms with E-state index in [1.807, 2.05) is 19.9 Å². The summed E-state index contributed by atoms with van der Waals surface area (Å²) < 4.78 is 16.0. The summed E-state index contributed by atoms with van der Waals surface area (Å²) in [7, 11) is 0. The van der Waals surface area contributed by atoms with E-state index in [0.29, 0.717) is 48.9 Å². The van der Waals surface area contributed by atoms with Crippen LogP contribution in [0.25, 0.3) is 0 Å². The Morgan fingerprint density at radius 1 is 1.22 bits per heavy atom. The van der Waals surface area contributed by atoms with E-state index in [2.05, 4.69) is 22.0 Å². The summed E-state index contributed by atoms with van der Waals surface area (Å²) in [5.41, 5.74) is 2.25. The van der Waals surface area contributed by atoms with Gasteiger partial charge in [0.25, 0.3) is 0 Å². The molecule has 1 saturated heterocycles. The van der Waals surface area contributed by atoms with E-state index in [4.69, 9.17) is 19.5 Å². The zero-order chi connectivity index (χ0) is 22.9. The monoisotopic (exact) mass is 438 g/mol. The Bertz CT molecular complexity index is 998. The standard InChI is InChI=1S/C23H26N4O5/c1-3-31-21-12-19(8-7-17(21)13-24)27-22(28)26-18-6-4-5-16(11-18)15(2)25-23(29)32-20-9-10-30-14-20/h4-8,11-12,15,20H,3,9-10,14H2,1-2H3,(H,25,29)(H2,26,27,28)/t15-,20-/m0/s1. The quantitative estimate of drug-likeness (QED) is 0.596. The van der Waals surface area contributed by atoms with Gasteiger partial charge < -0.3 is 30.2 Å². The van der Waals surface area contributed by atoms with Crippen molar-refractivity contribution in [1.29, 1.82) is 5.26 Å². The molecule has 0 spiro atoms. The second-order valence-electron chi connectivity index (χ2n) is 7.22. The molecule has 9 nitrogen and oxygen atoms in total. The number of amides is 3. The van der Waals surface area contributed by atoms with Crippen LogP contribution >= 0.6 is 0 Å². The number of carbonyl (C=O) groups excluding carboxylic acids is 2. The van der Waals surface area contributed by atoms with Gasteiger partial charge in [-0.25, -0.2) is 9.59 Å². The van der Waals surface area contributed by atoms with E-state index in [1.54, 1.807) is 36.4 Å². The van der Waals surface area contributed by atoms with Crippen molar-refractivity contribution in [1.82, 2.24) is 5.32 Å². The van der Waals surface area contributed by atoms with Gasteiger partial charge in [0.1, 0.15) is 17.9 Å². The Balaban J connectivity index is 1.58. The smallest absolute Gasteiger partial charge is 0.407 e. The van der Waals surface area contributed by atoms with E-state index in [1.165, 1.54) is 0 Å². The molecule has 32 heavy (non-hydrogen) atoms. The number of alkyl carbamates (subject to hydrolysis) is 1.